The maximum absolute atomic E-state index is 6.14. The molecule has 0 aliphatic carbocycles. The Morgan fingerprint density at radius 2 is 1.57 bits per heavy atom. The molecular weight excluding hydrogens is 380 g/mol. The summed E-state index contributed by atoms with van der Waals surface area (Å²) >= 11 is 0. The lowest BCUT2D eigenvalue weighted by Gasteiger charge is -2.19. The Balaban J connectivity index is 1.43. The van der Waals surface area contributed by atoms with Gasteiger partial charge in [-0.15, -0.1) is 0 Å². The van der Waals surface area contributed by atoms with Gasteiger partial charge in [-0.25, -0.2) is 4.98 Å². The van der Waals surface area contributed by atoms with E-state index < -0.39 is 0 Å². The molecule has 0 aliphatic rings. The number of benzene rings is 2. The van der Waals surface area contributed by atoms with E-state index in [9.17, 15) is 0 Å². The van der Waals surface area contributed by atoms with Crippen molar-refractivity contribution >= 4 is 0 Å². The molecule has 6 nitrogen and oxygen atoms in total. The van der Waals surface area contributed by atoms with Gasteiger partial charge in [0.15, 0.2) is 0 Å². The zero-order chi connectivity index (χ0) is 21.0. The number of ether oxygens (including phenoxy) is 4. The lowest BCUT2D eigenvalue weighted by Crippen LogP contribution is -2.25. The van der Waals surface area contributed by atoms with Crippen LogP contribution >= 0.6 is 0 Å². The van der Waals surface area contributed by atoms with Crippen molar-refractivity contribution < 1.29 is 18.9 Å². The van der Waals surface area contributed by atoms with Crippen LogP contribution < -0.4 is 9.47 Å². The van der Waals surface area contributed by atoms with Crippen LogP contribution in [0.4, 0.5) is 0 Å². The van der Waals surface area contributed by atoms with Gasteiger partial charge >= 0.3 is 0 Å². The van der Waals surface area contributed by atoms with Gasteiger partial charge in [0.2, 0.25) is 0 Å². The normalized spacial score (nSPS) is 11.9. The van der Waals surface area contributed by atoms with E-state index in [0.717, 1.165) is 29.9 Å². The highest BCUT2D eigenvalue weighted by molar-refractivity contribution is 5.27. The molecule has 0 fully saturated rings. The van der Waals surface area contributed by atoms with Crippen LogP contribution in [0.5, 0.6) is 11.5 Å². The number of aryl methyl sites for hydroxylation is 1. The molecule has 1 atom stereocenters. The molecule has 30 heavy (non-hydrogen) atoms. The molecule has 0 saturated heterocycles. The summed E-state index contributed by atoms with van der Waals surface area (Å²) in [4.78, 5) is 4.11. The average Bonchev–Trinajstić information content (AvgIpc) is 3.31. The topological polar surface area (TPSA) is 54.7 Å². The molecule has 0 amide bonds. The van der Waals surface area contributed by atoms with Gasteiger partial charge in [-0.2, -0.15) is 0 Å². The molecule has 1 unspecified atom stereocenters. The first-order valence-corrected chi connectivity index (χ1v) is 10.2. The summed E-state index contributed by atoms with van der Waals surface area (Å²) in [5.41, 5.74) is 2.39. The predicted molar refractivity (Wildman–Crippen MR) is 116 cm³/mol. The third-order valence-corrected chi connectivity index (χ3v) is 4.84. The first kappa shape index (κ1) is 21.9. The molecular formula is C24H30N2O4. The van der Waals surface area contributed by atoms with Gasteiger partial charge in [0.05, 0.1) is 46.4 Å². The molecule has 0 saturated carbocycles. The minimum Gasteiger partial charge on any atom is -0.497 e. The highest BCUT2D eigenvalue weighted by Crippen LogP contribution is 2.14. The Bertz CT molecular complexity index is 833. The minimum absolute atomic E-state index is 0.0534. The SMILES string of the molecule is COc1ccc(CCCOCC(Cn2ccnc2)OCc2ccc(OC)cc2)cc1. The maximum atomic E-state index is 6.14. The summed E-state index contributed by atoms with van der Waals surface area (Å²) in [6, 6.07) is 16.1. The number of methoxy groups -OCH3 is 2. The first-order chi connectivity index (χ1) is 14.8. The molecule has 1 aromatic heterocycles. The molecule has 160 valence electrons. The highest BCUT2D eigenvalue weighted by atomic mass is 16.5. The largest absolute Gasteiger partial charge is 0.497 e. The zero-order valence-corrected chi connectivity index (χ0v) is 17.7. The quantitative estimate of drug-likeness (QED) is 0.397. The molecule has 0 aliphatic heterocycles. The second kappa shape index (κ2) is 12.0. The molecule has 0 bridgehead atoms. The van der Waals surface area contributed by atoms with Gasteiger partial charge in [-0.1, -0.05) is 24.3 Å². The van der Waals surface area contributed by atoms with E-state index in [0.29, 0.717) is 26.4 Å². The van der Waals surface area contributed by atoms with Crippen LogP contribution in [0.25, 0.3) is 0 Å². The Hall–Kier alpha value is -2.83. The van der Waals surface area contributed by atoms with Crippen molar-refractivity contribution in [1.82, 2.24) is 9.55 Å². The fourth-order valence-corrected chi connectivity index (χ4v) is 3.10. The van der Waals surface area contributed by atoms with E-state index in [-0.39, 0.29) is 6.10 Å². The molecule has 3 rings (SSSR count). The third kappa shape index (κ3) is 7.21. The summed E-state index contributed by atoms with van der Waals surface area (Å²) < 4.78 is 24.5. The summed E-state index contributed by atoms with van der Waals surface area (Å²) in [6.07, 6.45) is 7.39. The highest BCUT2D eigenvalue weighted by Gasteiger charge is 2.11. The molecule has 3 aromatic rings. The number of nitrogens with zero attached hydrogens (tertiary/aromatic N) is 2. The van der Waals surface area contributed by atoms with Crippen molar-refractivity contribution in [2.45, 2.75) is 32.1 Å². The van der Waals surface area contributed by atoms with Crippen LogP contribution in [0, 0.1) is 0 Å². The standard InChI is InChI=1S/C24H30N2O4/c1-27-22-9-5-20(6-10-22)4-3-15-29-18-24(16-26-14-13-25-19-26)30-17-21-7-11-23(28-2)12-8-21/h5-14,19,24H,3-4,15-18H2,1-2H3. The molecule has 0 N–H and O–H groups in total. The van der Waals surface area contributed by atoms with Crippen LogP contribution in [0.3, 0.4) is 0 Å². The Labute approximate surface area is 178 Å². The zero-order valence-electron chi connectivity index (χ0n) is 17.7. The lowest BCUT2D eigenvalue weighted by molar-refractivity contribution is -0.0331. The molecule has 2 aromatic carbocycles. The van der Waals surface area contributed by atoms with Crippen LogP contribution in [0.2, 0.25) is 0 Å². The van der Waals surface area contributed by atoms with Gasteiger partial charge in [0, 0.05) is 19.0 Å². The maximum Gasteiger partial charge on any atom is 0.118 e. The fourth-order valence-electron chi connectivity index (χ4n) is 3.10. The van der Waals surface area contributed by atoms with E-state index in [1.165, 1.54) is 5.56 Å². The Morgan fingerprint density at radius 3 is 2.17 bits per heavy atom. The van der Waals surface area contributed by atoms with Crippen LogP contribution in [0.1, 0.15) is 17.5 Å². The Morgan fingerprint density at radius 1 is 0.900 bits per heavy atom. The number of aromatic nitrogens is 2. The van der Waals surface area contributed by atoms with Crippen LogP contribution in [-0.4, -0.2) is 43.1 Å². The van der Waals surface area contributed by atoms with E-state index in [4.69, 9.17) is 18.9 Å². The first-order valence-electron chi connectivity index (χ1n) is 10.2. The van der Waals surface area contributed by atoms with Crippen molar-refractivity contribution in [3.8, 4) is 11.5 Å². The Kier molecular flexibility index (Phi) is 8.75. The van der Waals surface area contributed by atoms with Crippen LogP contribution in [-0.2, 0) is 29.0 Å². The van der Waals surface area contributed by atoms with Crippen molar-refractivity contribution in [3.05, 3.63) is 78.4 Å². The van der Waals surface area contributed by atoms with Gasteiger partial charge in [-0.05, 0) is 48.2 Å². The summed E-state index contributed by atoms with van der Waals surface area (Å²) in [6.45, 7) is 2.46. The van der Waals surface area contributed by atoms with E-state index in [2.05, 4.69) is 17.1 Å². The van der Waals surface area contributed by atoms with E-state index in [1.807, 2.05) is 47.2 Å². The number of rotatable bonds is 13. The van der Waals surface area contributed by atoms with E-state index >= 15 is 0 Å². The lowest BCUT2D eigenvalue weighted by atomic mass is 10.1. The average molecular weight is 411 g/mol. The monoisotopic (exact) mass is 410 g/mol. The molecule has 0 spiro atoms. The number of hydrogen-bond donors (Lipinski definition) is 0. The predicted octanol–water partition coefficient (Wildman–Crippen LogP) is 4.14. The molecule has 6 heteroatoms. The summed E-state index contributed by atoms with van der Waals surface area (Å²) in [7, 11) is 3.35. The van der Waals surface area contributed by atoms with Crippen LogP contribution in [0.15, 0.2) is 67.3 Å². The van der Waals surface area contributed by atoms with Gasteiger partial charge in [0.25, 0.3) is 0 Å². The number of imidazole rings is 1. The van der Waals surface area contributed by atoms with E-state index in [1.54, 1.807) is 26.7 Å². The smallest absolute Gasteiger partial charge is 0.118 e. The number of hydrogen-bond acceptors (Lipinski definition) is 5. The second-order valence-electron chi connectivity index (χ2n) is 7.07. The van der Waals surface area contributed by atoms with Gasteiger partial charge in [-0.3, -0.25) is 0 Å². The van der Waals surface area contributed by atoms with Crippen molar-refractivity contribution in [1.29, 1.82) is 0 Å². The summed E-state index contributed by atoms with van der Waals surface area (Å²) in [5, 5.41) is 0. The van der Waals surface area contributed by atoms with Crippen molar-refractivity contribution in [3.63, 3.8) is 0 Å². The van der Waals surface area contributed by atoms with Crippen molar-refractivity contribution in [2.75, 3.05) is 27.4 Å². The van der Waals surface area contributed by atoms with Crippen molar-refractivity contribution in [2.24, 2.45) is 0 Å². The molecule has 0 radical (unpaired) electrons. The van der Waals surface area contributed by atoms with Gasteiger partial charge in [0.1, 0.15) is 11.5 Å². The minimum atomic E-state index is -0.0534. The van der Waals surface area contributed by atoms with Gasteiger partial charge < -0.3 is 23.5 Å². The second-order valence-corrected chi connectivity index (χ2v) is 7.07. The fraction of sp³-hybridized carbons (Fsp3) is 0.375. The summed E-state index contributed by atoms with van der Waals surface area (Å²) in [5.74, 6) is 1.72. The molecule has 1 heterocycles. The third-order valence-electron chi connectivity index (χ3n) is 4.84.